The molecular weight excluding hydrogens is 582 g/mol. The van der Waals surface area contributed by atoms with Gasteiger partial charge in [-0.2, -0.15) is 13.2 Å². The Morgan fingerprint density at radius 2 is 1.90 bits per heavy atom. The molecule has 1 saturated carbocycles. The predicted octanol–water partition coefficient (Wildman–Crippen LogP) is 4.85. The topological polar surface area (TPSA) is 127 Å². The number of hydrogen-bond donors (Lipinski definition) is 4. The molecule has 3 atom stereocenters. The summed E-state index contributed by atoms with van der Waals surface area (Å²) >= 11 is 13.1. The lowest BCUT2D eigenvalue weighted by Crippen LogP contribution is -2.34. The van der Waals surface area contributed by atoms with Crippen molar-refractivity contribution in [2.75, 3.05) is 23.3 Å². The number of nitrogens with zero attached hydrogens (tertiary/aromatic N) is 2. The molecule has 3 heterocycles. The largest absolute Gasteiger partial charge is 0.477 e. The molecular formula is C24H20Cl2F3N5O4S. The number of H-pyrrole nitrogens is 1. The van der Waals surface area contributed by atoms with Gasteiger partial charge in [0.25, 0.3) is 5.91 Å². The Balaban J connectivity index is 1.21. The molecule has 1 saturated heterocycles. The fraction of sp³-hybridized carbons (Fsp3) is 0.333. The summed E-state index contributed by atoms with van der Waals surface area (Å²) in [7, 11) is 0. The lowest BCUT2D eigenvalue weighted by Gasteiger charge is -2.19. The second kappa shape index (κ2) is 10.0. The highest BCUT2D eigenvalue weighted by Crippen LogP contribution is 2.48. The number of carbonyl (C=O) groups excluding carboxylic acids is 2. The first-order valence-electron chi connectivity index (χ1n) is 11.6. The van der Waals surface area contributed by atoms with Crippen LogP contribution in [0.1, 0.15) is 37.1 Å². The van der Waals surface area contributed by atoms with Crippen molar-refractivity contribution in [1.29, 1.82) is 0 Å². The lowest BCUT2D eigenvalue weighted by molar-refractivity contribution is -0.137. The smallest absolute Gasteiger partial charge is 0.416 e. The Morgan fingerprint density at radius 1 is 1.21 bits per heavy atom. The molecule has 0 bridgehead atoms. The minimum absolute atomic E-state index is 0.0195. The summed E-state index contributed by atoms with van der Waals surface area (Å²) in [6.45, 7) is 2.75. The zero-order chi connectivity index (χ0) is 28.2. The van der Waals surface area contributed by atoms with E-state index in [0.717, 1.165) is 23.5 Å². The molecule has 2 amide bonds. The van der Waals surface area contributed by atoms with Crippen LogP contribution in [-0.4, -0.2) is 52.0 Å². The average Bonchev–Trinajstić information content (AvgIpc) is 3.21. The number of aryl methyl sites for hydroxylation is 1. The quantitative estimate of drug-likeness (QED) is 0.306. The summed E-state index contributed by atoms with van der Waals surface area (Å²) in [5, 5.41) is 15.8. The maximum atomic E-state index is 12.9. The lowest BCUT2D eigenvalue weighted by atomic mass is 10.2. The number of aromatic nitrogens is 2. The number of nitrogens with one attached hydrogen (secondary N) is 3. The van der Waals surface area contributed by atoms with Gasteiger partial charge in [-0.3, -0.25) is 9.59 Å². The minimum Gasteiger partial charge on any atom is -0.477 e. The van der Waals surface area contributed by atoms with Crippen molar-refractivity contribution in [2.45, 2.75) is 25.6 Å². The molecule has 1 unspecified atom stereocenters. The van der Waals surface area contributed by atoms with Crippen LogP contribution in [0, 0.1) is 18.8 Å². The van der Waals surface area contributed by atoms with Crippen LogP contribution in [0.2, 0.25) is 10.0 Å². The molecule has 2 fully saturated rings. The van der Waals surface area contributed by atoms with Gasteiger partial charge in [-0.05, 0) is 25.1 Å². The first-order chi connectivity index (χ1) is 18.3. The Kier molecular flexibility index (Phi) is 7.02. The first-order valence-corrected chi connectivity index (χ1v) is 13.2. The van der Waals surface area contributed by atoms with Gasteiger partial charge < -0.3 is 25.6 Å². The number of piperidine rings is 1. The van der Waals surface area contributed by atoms with Crippen LogP contribution in [0.25, 0.3) is 0 Å². The van der Waals surface area contributed by atoms with Crippen molar-refractivity contribution >= 4 is 63.1 Å². The second-order valence-electron chi connectivity index (χ2n) is 9.37. The van der Waals surface area contributed by atoms with Crippen molar-refractivity contribution in [1.82, 2.24) is 15.3 Å². The van der Waals surface area contributed by atoms with Crippen LogP contribution in [0.4, 0.5) is 24.0 Å². The van der Waals surface area contributed by atoms with E-state index < -0.39 is 30.0 Å². The molecule has 0 radical (unpaired) electrons. The summed E-state index contributed by atoms with van der Waals surface area (Å²) in [5.41, 5.74) is -0.176. The maximum Gasteiger partial charge on any atom is 0.416 e. The van der Waals surface area contributed by atoms with E-state index >= 15 is 0 Å². The van der Waals surface area contributed by atoms with Crippen LogP contribution < -0.4 is 15.5 Å². The Morgan fingerprint density at radius 3 is 2.49 bits per heavy atom. The number of rotatable bonds is 7. The van der Waals surface area contributed by atoms with Gasteiger partial charge in [0, 0.05) is 42.3 Å². The maximum absolute atomic E-state index is 12.9. The van der Waals surface area contributed by atoms with Crippen LogP contribution in [0.15, 0.2) is 24.3 Å². The van der Waals surface area contributed by atoms with E-state index in [1.807, 2.05) is 4.90 Å². The Bertz CT molecular complexity index is 1480. The van der Waals surface area contributed by atoms with Crippen molar-refractivity contribution in [2.24, 2.45) is 11.8 Å². The molecule has 5 rings (SSSR count). The van der Waals surface area contributed by atoms with Gasteiger partial charge in [-0.1, -0.05) is 40.6 Å². The summed E-state index contributed by atoms with van der Waals surface area (Å²) < 4.78 is 38.8. The molecule has 1 aliphatic heterocycles. The Labute approximate surface area is 233 Å². The number of fused-ring (bicyclic) bond motifs is 1. The van der Waals surface area contributed by atoms with E-state index in [0.29, 0.717) is 28.9 Å². The minimum atomic E-state index is -4.57. The summed E-state index contributed by atoms with van der Waals surface area (Å²) in [6, 6.07) is 4.08. The fourth-order valence-corrected chi connectivity index (χ4v) is 6.10. The monoisotopic (exact) mass is 601 g/mol. The second-order valence-corrected chi connectivity index (χ2v) is 11.1. The van der Waals surface area contributed by atoms with Gasteiger partial charge in [0.15, 0.2) is 5.13 Å². The van der Waals surface area contributed by atoms with E-state index in [9.17, 15) is 32.7 Å². The molecule has 1 aliphatic carbocycles. The van der Waals surface area contributed by atoms with E-state index in [4.69, 9.17) is 23.2 Å². The van der Waals surface area contributed by atoms with Gasteiger partial charge in [0.2, 0.25) is 5.91 Å². The summed E-state index contributed by atoms with van der Waals surface area (Å²) in [4.78, 5) is 46.0. The highest BCUT2D eigenvalue weighted by Gasteiger charge is 2.57. The van der Waals surface area contributed by atoms with Gasteiger partial charge in [0.05, 0.1) is 27.7 Å². The number of aromatic amines is 1. The third-order valence-corrected chi connectivity index (χ3v) is 8.82. The number of carboxylic acid groups (broad SMARTS) is 1. The summed E-state index contributed by atoms with van der Waals surface area (Å²) in [5.74, 6) is -2.06. The van der Waals surface area contributed by atoms with Crippen LogP contribution >= 0.6 is 34.5 Å². The normalized spacial score (nSPS) is 20.1. The zero-order valence-electron chi connectivity index (χ0n) is 20.0. The number of anilines is 2. The third-order valence-electron chi connectivity index (χ3n) is 6.73. The molecule has 15 heteroatoms. The average molecular weight is 602 g/mol. The molecule has 39 heavy (non-hydrogen) atoms. The van der Waals surface area contributed by atoms with Crippen LogP contribution in [0.5, 0.6) is 0 Å². The SMILES string of the molecule is Cc1[nH]c(C(=O)NC2[C@H]3CN(c4nc(CC(=O)Nc5cccc(C(F)(F)F)c5)c(C(=O)O)s4)C[C@@H]23)c(Cl)c1Cl. The Hall–Kier alpha value is -3.29. The molecule has 9 nitrogen and oxygen atoms in total. The van der Waals surface area contributed by atoms with Crippen molar-refractivity contribution in [3.63, 3.8) is 0 Å². The van der Waals surface area contributed by atoms with Crippen LogP contribution in [0.3, 0.4) is 0 Å². The van der Waals surface area contributed by atoms with E-state index in [-0.39, 0.29) is 50.8 Å². The number of alkyl halides is 3. The van der Waals surface area contributed by atoms with Crippen molar-refractivity contribution < 1.29 is 32.7 Å². The van der Waals surface area contributed by atoms with E-state index in [1.54, 1.807) is 6.92 Å². The number of halogens is 5. The molecule has 2 aromatic heterocycles. The van der Waals surface area contributed by atoms with Crippen molar-refractivity contribution in [3.8, 4) is 0 Å². The molecule has 0 spiro atoms. The van der Waals surface area contributed by atoms with Gasteiger partial charge in [-0.25, -0.2) is 9.78 Å². The number of hydrogen-bond acceptors (Lipinski definition) is 6. The number of carbonyl (C=O) groups is 3. The van der Waals surface area contributed by atoms with Gasteiger partial charge in [-0.15, -0.1) is 0 Å². The van der Waals surface area contributed by atoms with Gasteiger partial charge in [0.1, 0.15) is 10.6 Å². The number of thiazole rings is 1. The molecule has 3 aromatic rings. The zero-order valence-corrected chi connectivity index (χ0v) is 22.4. The van der Waals surface area contributed by atoms with E-state index in [1.165, 1.54) is 12.1 Å². The number of benzene rings is 1. The number of carboxylic acids is 1. The standard InChI is InChI=1S/C24H20Cl2F3N5O4S/c1-9-16(25)17(26)19(30-9)21(36)33-18-12-7-34(8-13(12)18)23-32-14(20(39-23)22(37)38)6-15(35)31-11-4-2-3-10(5-11)24(27,28)29/h2-5,12-13,18,30H,6-8H2,1H3,(H,31,35)(H,33,36)(H,37,38)/t12-,13+,18?. The summed E-state index contributed by atoms with van der Waals surface area (Å²) in [6.07, 6.45) is -4.99. The highest BCUT2D eigenvalue weighted by molar-refractivity contribution is 7.17. The van der Waals surface area contributed by atoms with E-state index in [2.05, 4.69) is 20.6 Å². The van der Waals surface area contributed by atoms with Crippen LogP contribution in [-0.2, 0) is 17.4 Å². The molecule has 1 aromatic carbocycles. The predicted molar refractivity (Wildman–Crippen MR) is 139 cm³/mol. The molecule has 2 aliphatic rings. The fourth-order valence-electron chi connectivity index (χ4n) is 4.74. The van der Waals surface area contributed by atoms with Crippen molar-refractivity contribution in [3.05, 3.63) is 61.8 Å². The number of aromatic carboxylic acids is 1. The highest BCUT2D eigenvalue weighted by atomic mass is 35.5. The molecule has 4 N–H and O–H groups in total. The first kappa shape index (κ1) is 27.3. The van der Waals surface area contributed by atoms with Gasteiger partial charge >= 0.3 is 12.1 Å². The molecule has 206 valence electrons. The number of amides is 2. The third kappa shape index (κ3) is 5.43.